The maximum absolute atomic E-state index is 13.6. The first-order valence-electron chi connectivity index (χ1n) is 11.2. The van der Waals surface area contributed by atoms with Gasteiger partial charge in [-0.25, -0.2) is 4.79 Å². The van der Waals surface area contributed by atoms with Gasteiger partial charge in [-0.2, -0.15) is 17.7 Å². The van der Waals surface area contributed by atoms with E-state index in [1.165, 1.54) is 0 Å². The Bertz CT molecular complexity index is 693. The number of hydrogen-bond donors (Lipinski definition) is 5. The Kier molecular flexibility index (Phi) is 12.9. The summed E-state index contributed by atoms with van der Waals surface area (Å²) in [5.41, 5.74) is 4.94. The number of aliphatic hydroxyl groups is 1. The highest BCUT2D eigenvalue weighted by atomic mass is 32.1. The van der Waals surface area contributed by atoms with E-state index in [2.05, 4.69) is 17.9 Å². The van der Waals surface area contributed by atoms with Crippen LogP contribution in [-0.2, 0) is 20.8 Å². The minimum absolute atomic E-state index is 0.0787. The van der Waals surface area contributed by atoms with Crippen LogP contribution in [0, 0.1) is 11.8 Å². The van der Waals surface area contributed by atoms with Crippen molar-refractivity contribution in [1.29, 1.82) is 0 Å². The van der Waals surface area contributed by atoms with E-state index in [9.17, 15) is 19.8 Å². The zero-order valence-corrected chi connectivity index (χ0v) is 20.3. The van der Waals surface area contributed by atoms with Crippen LogP contribution in [0.4, 0.5) is 0 Å². The van der Waals surface area contributed by atoms with Crippen molar-refractivity contribution in [3.05, 3.63) is 35.9 Å². The van der Waals surface area contributed by atoms with Gasteiger partial charge < -0.3 is 15.9 Å². The first kappa shape index (κ1) is 28.4. The van der Waals surface area contributed by atoms with Crippen molar-refractivity contribution < 1.29 is 24.6 Å². The molecule has 0 heterocycles. The first-order chi connectivity index (χ1) is 15.2. The topological polar surface area (TPSA) is 125 Å². The normalized spacial score (nSPS) is 16.1. The van der Waals surface area contributed by atoms with E-state index < -0.39 is 42.0 Å². The lowest BCUT2D eigenvalue weighted by Crippen LogP contribution is -2.71. The minimum Gasteiger partial charge on any atom is -0.478 e. The Morgan fingerprint density at radius 3 is 2.44 bits per heavy atom. The molecule has 32 heavy (non-hydrogen) atoms. The van der Waals surface area contributed by atoms with E-state index >= 15 is 0 Å². The van der Waals surface area contributed by atoms with Crippen molar-refractivity contribution in [3.63, 3.8) is 0 Å². The average molecular weight is 470 g/mol. The molecule has 0 spiro atoms. The summed E-state index contributed by atoms with van der Waals surface area (Å²) in [7, 11) is 0. The summed E-state index contributed by atoms with van der Waals surface area (Å²) in [6.45, 7) is 5.14. The predicted molar refractivity (Wildman–Crippen MR) is 128 cm³/mol. The number of carboxylic acids is 1. The molecule has 182 valence electrons. The fraction of sp³-hybridized carbons (Fsp3) is 0.652. The molecule has 5 N–H and O–H groups in total. The molecule has 0 radical (unpaired) electrons. The first-order valence-corrected chi connectivity index (χ1v) is 11.8. The number of aliphatic carboxylic acids is 1. The molecular formula is C23H39N3O5S. The monoisotopic (exact) mass is 469 g/mol. The van der Waals surface area contributed by atoms with E-state index in [1.54, 1.807) is 13.8 Å². The molecule has 1 amide bonds. The zero-order valence-electron chi connectivity index (χ0n) is 19.4. The Morgan fingerprint density at radius 1 is 1.25 bits per heavy atom. The van der Waals surface area contributed by atoms with Crippen molar-refractivity contribution in [1.82, 2.24) is 10.4 Å². The molecule has 0 aliphatic rings. The quantitative estimate of drug-likeness (QED) is 0.109. The molecule has 9 heteroatoms. The van der Waals surface area contributed by atoms with Crippen LogP contribution < -0.4 is 11.1 Å². The van der Waals surface area contributed by atoms with Gasteiger partial charge in [0.25, 0.3) is 5.91 Å². The summed E-state index contributed by atoms with van der Waals surface area (Å²) in [4.78, 5) is 32.0. The van der Waals surface area contributed by atoms with E-state index in [4.69, 9.17) is 10.6 Å². The van der Waals surface area contributed by atoms with Gasteiger partial charge in [0.2, 0.25) is 5.66 Å². The van der Waals surface area contributed by atoms with Crippen molar-refractivity contribution in [2.75, 3.05) is 25.5 Å². The van der Waals surface area contributed by atoms with Gasteiger partial charge in [0, 0.05) is 36.8 Å². The number of hydrogen-bond acceptors (Lipinski definition) is 7. The van der Waals surface area contributed by atoms with Crippen LogP contribution in [0.3, 0.4) is 0 Å². The summed E-state index contributed by atoms with van der Waals surface area (Å²) in [5, 5.41) is 24.1. The number of unbranched alkanes of at least 4 members (excludes halogenated alkanes) is 2. The fourth-order valence-corrected chi connectivity index (χ4v) is 3.53. The van der Waals surface area contributed by atoms with Crippen molar-refractivity contribution in [2.45, 2.75) is 58.2 Å². The van der Waals surface area contributed by atoms with Crippen LogP contribution in [0.2, 0.25) is 0 Å². The molecule has 0 aliphatic heterocycles. The van der Waals surface area contributed by atoms with Gasteiger partial charge in [0.15, 0.2) is 0 Å². The van der Waals surface area contributed by atoms with E-state index in [0.717, 1.165) is 23.5 Å². The number of carbonyl (C=O) groups excluding carboxylic acids is 1. The Balaban J connectivity index is 3.32. The molecule has 0 saturated heterocycles. The van der Waals surface area contributed by atoms with Gasteiger partial charge in [-0.05, 0) is 18.4 Å². The number of amides is 1. The summed E-state index contributed by atoms with van der Waals surface area (Å²) < 4.78 is 0. The van der Waals surface area contributed by atoms with Gasteiger partial charge >= 0.3 is 5.97 Å². The van der Waals surface area contributed by atoms with Crippen LogP contribution in [0.25, 0.3) is 0 Å². The molecule has 0 aliphatic carbocycles. The smallest absolute Gasteiger partial charge is 0.347 e. The van der Waals surface area contributed by atoms with E-state index in [-0.39, 0.29) is 13.2 Å². The summed E-state index contributed by atoms with van der Waals surface area (Å²) in [6.07, 6.45) is 2.93. The van der Waals surface area contributed by atoms with Gasteiger partial charge in [-0.15, -0.1) is 0 Å². The minimum atomic E-state index is -1.98. The van der Waals surface area contributed by atoms with Crippen molar-refractivity contribution in [2.24, 2.45) is 17.6 Å². The molecule has 1 aromatic rings. The number of nitrogens with one attached hydrogen (secondary N) is 1. The number of hydroxylamine groups is 2. The molecule has 8 nitrogen and oxygen atoms in total. The Hall–Kier alpha value is -1.65. The van der Waals surface area contributed by atoms with Gasteiger partial charge in [0.1, 0.15) is 0 Å². The molecule has 1 rings (SSSR count). The number of nitrogens with zero attached hydrogens (tertiary/aromatic N) is 1. The van der Waals surface area contributed by atoms with Crippen molar-refractivity contribution in [3.8, 4) is 0 Å². The Morgan fingerprint density at radius 2 is 1.91 bits per heavy atom. The molecule has 0 bridgehead atoms. The molecule has 0 fully saturated rings. The van der Waals surface area contributed by atoms with Crippen LogP contribution in [0.1, 0.15) is 45.6 Å². The highest BCUT2D eigenvalue weighted by Crippen LogP contribution is 2.27. The summed E-state index contributed by atoms with van der Waals surface area (Å²) in [5.74, 6) is -2.88. The number of carboxylic acid groups (broad SMARTS) is 1. The third-order valence-corrected chi connectivity index (χ3v) is 5.95. The maximum atomic E-state index is 13.6. The average Bonchev–Trinajstić information content (AvgIpc) is 2.79. The summed E-state index contributed by atoms with van der Waals surface area (Å²) >= 11 is 4.16. The lowest BCUT2D eigenvalue weighted by Gasteiger charge is -2.44. The molecular weight excluding hydrogens is 430 g/mol. The summed E-state index contributed by atoms with van der Waals surface area (Å²) in [6, 6.07) is 9.07. The predicted octanol–water partition coefficient (Wildman–Crippen LogP) is 2.07. The number of carbonyl (C=O) groups is 2. The van der Waals surface area contributed by atoms with Crippen LogP contribution in [0.15, 0.2) is 30.3 Å². The third-order valence-electron chi connectivity index (χ3n) is 5.48. The van der Waals surface area contributed by atoms with Crippen molar-refractivity contribution >= 4 is 24.5 Å². The second kappa shape index (κ2) is 14.5. The number of aliphatic hydroxyl groups excluding tert-OH is 1. The van der Waals surface area contributed by atoms with Crippen LogP contribution in [0.5, 0.6) is 0 Å². The lowest BCUT2D eigenvalue weighted by atomic mass is 9.91. The van der Waals surface area contributed by atoms with Gasteiger partial charge in [0.05, 0.1) is 6.61 Å². The number of rotatable bonds is 16. The molecule has 2 unspecified atom stereocenters. The number of nitrogens with two attached hydrogens (primary N) is 1. The molecule has 0 aromatic heterocycles. The second-order valence-corrected chi connectivity index (χ2v) is 8.61. The van der Waals surface area contributed by atoms with Crippen LogP contribution in [-0.4, -0.2) is 64.4 Å². The van der Waals surface area contributed by atoms with E-state index in [0.29, 0.717) is 18.6 Å². The Labute approximate surface area is 196 Å². The third kappa shape index (κ3) is 7.74. The molecule has 1 aromatic carbocycles. The number of benzene rings is 1. The highest BCUT2D eigenvalue weighted by molar-refractivity contribution is 7.80. The van der Waals surface area contributed by atoms with E-state index in [1.807, 2.05) is 37.3 Å². The lowest BCUT2D eigenvalue weighted by molar-refractivity contribution is -0.248. The van der Waals surface area contributed by atoms with Gasteiger partial charge in [-0.3, -0.25) is 14.9 Å². The molecule has 4 atom stereocenters. The maximum Gasteiger partial charge on any atom is 0.347 e. The standard InChI is InChI=1S/C23H39N3O5S/c1-4-5-9-12-31-26(21(28)17(2)13-19-10-7-6-8-11-19)23(22(29)30,18(3)15-27)25-14-20(24)16-32/h6-8,10-11,17-18,20,25,27,32H,4-5,9,12-16,24H2,1-3H3,(H,29,30)/t17?,18-,20?,23-/m1/s1. The zero-order chi connectivity index (χ0) is 24.1. The number of thiol groups is 1. The molecule has 0 saturated carbocycles. The van der Waals surface area contributed by atoms with Gasteiger partial charge in [-0.1, -0.05) is 63.9 Å². The fourth-order valence-electron chi connectivity index (χ4n) is 3.41. The largest absolute Gasteiger partial charge is 0.478 e. The second-order valence-electron chi connectivity index (χ2n) is 8.24. The van der Waals surface area contributed by atoms with Crippen LogP contribution >= 0.6 is 12.6 Å². The SMILES string of the molecule is CCCCCON(C(=O)C(C)Cc1ccccc1)[C@@](NCC(N)CS)(C(=O)O)[C@H](C)CO. The highest BCUT2D eigenvalue weighted by Gasteiger charge is 2.53.